The zero-order valence-corrected chi connectivity index (χ0v) is 9.25. The Kier molecular flexibility index (Phi) is 4.35. The number of likely N-dealkylation sites (N-methyl/N-ethyl adjacent to an activating group) is 1. The van der Waals surface area contributed by atoms with Crippen molar-refractivity contribution >= 4 is 5.91 Å². The van der Waals surface area contributed by atoms with E-state index in [0.29, 0.717) is 18.6 Å². The average molecular weight is 200 g/mol. The van der Waals surface area contributed by atoms with Crippen molar-refractivity contribution in [2.24, 2.45) is 5.92 Å². The van der Waals surface area contributed by atoms with Gasteiger partial charge in [0.2, 0.25) is 5.91 Å². The molecule has 1 aliphatic heterocycles. The van der Waals surface area contributed by atoms with Gasteiger partial charge < -0.3 is 15.0 Å². The topological polar surface area (TPSA) is 41.6 Å². The molecule has 0 saturated carbocycles. The van der Waals surface area contributed by atoms with Crippen molar-refractivity contribution < 1.29 is 9.53 Å². The van der Waals surface area contributed by atoms with Gasteiger partial charge in [0.1, 0.15) is 6.61 Å². The van der Waals surface area contributed by atoms with Crippen LogP contribution in [0.1, 0.15) is 13.8 Å². The fraction of sp³-hybridized carbons (Fsp3) is 0.900. The lowest BCUT2D eigenvalue weighted by Crippen LogP contribution is -2.49. The van der Waals surface area contributed by atoms with Crippen LogP contribution < -0.4 is 5.32 Å². The summed E-state index contributed by atoms with van der Waals surface area (Å²) in [5.74, 6) is 0.646. The lowest BCUT2D eigenvalue weighted by Gasteiger charge is -2.32. The Morgan fingerprint density at radius 1 is 1.57 bits per heavy atom. The van der Waals surface area contributed by atoms with Gasteiger partial charge in [0.25, 0.3) is 0 Å². The third-order valence-electron chi connectivity index (χ3n) is 2.68. The molecule has 1 rings (SSSR count). The van der Waals surface area contributed by atoms with E-state index in [1.807, 2.05) is 11.9 Å². The first kappa shape index (κ1) is 11.5. The van der Waals surface area contributed by atoms with Crippen LogP contribution in [-0.4, -0.2) is 50.2 Å². The minimum atomic E-state index is 0.108. The third kappa shape index (κ3) is 2.96. The number of ether oxygens (including phenoxy) is 1. The highest BCUT2D eigenvalue weighted by Gasteiger charge is 2.22. The second-order valence-corrected chi connectivity index (χ2v) is 4.03. The number of morpholine rings is 1. The maximum atomic E-state index is 11.4. The van der Waals surface area contributed by atoms with Gasteiger partial charge in [-0.3, -0.25) is 4.79 Å². The normalized spacial score (nSPS) is 20.3. The summed E-state index contributed by atoms with van der Waals surface area (Å²) < 4.78 is 5.08. The van der Waals surface area contributed by atoms with Crippen LogP contribution in [0, 0.1) is 5.92 Å². The van der Waals surface area contributed by atoms with Gasteiger partial charge in [0, 0.05) is 19.1 Å². The van der Waals surface area contributed by atoms with Crippen LogP contribution in [0.3, 0.4) is 0 Å². The lowest BCUT2D eigenvalue weighted by atomic mass is 10.0. The van der Waals surface area contributed by atoms with E-state index in [2.05, 4.69) is 19.2 Å². The van der Waals surface area contributed by atoms with E-state index in [9.17, 15) is 4.79 Å². The maximum Gasteiger partial charge on any atom is 0.248 e. The molecule has 1 saturated heterocycles. The summed E-state index contributed by atoms with van der Waals surface area (Å²) in [6.45, 7) is 6.74. The van der Waals surface area contributed by atoms with Crippen LogP contribution in [0.25, 0.3) is 0 Å². The first-order chi connectivity index (χ1) is 6.65. The second kappa shape index (κ2) is 5.32. The summed E-state index contributed by atoms with van der Waals surface area (Å²) in [5, 5.41) is 3.23. The molecule has 0 radical (unpaired) electrons. The highest BCUT2D eigenvalue weighted by Crippen LogP contribution is 2.06. The number of nitrogens with one attached hydrogen (secondary N) is 1. The van der Waals surface area contributed by atoms with Crippen LogP contribution in [0.15, 0.2) is 0 Å². The van der Waals surface area contributed by atoms with E-state index >= 15 is 0 Å². The largest absolute Gasteiger partial charge is 0.370 e. The molecule has 1 aliphatic rings. The summed E-state index contributed by atoms with van der Waals surface area (Å²) in [5.41, 5.74) is 0. The van der Waals surface area contributed by atoms with E-state index in [1.54, 1.807) is 0 Å². The first-order valence-corrected chi connectivity index (χ1v) is 5.18. The molecule has 1 atom stereocenters. The van der Waals surface area contributed by atoms with Gasteiger partial charge in [-0.15, -0.1) is 0 Å². The molecule has 4 heteroatoms. The molecule has 4 nitrogen and oxygen atoms in total. The fourth-order valence-electron chi connectivity index (χ4n) is 1.62. The van der Waals surface area contributed by atoms with Crippen molar-refractivity contribution in [3.8, 4) is 0 Å². The number of nitrogens with zero attached hydrogens (tertiary/aromatic N) is 1. The van der Waals surface area contributed by atoms with E-state index in [-0.39, 0.29) is 12.5 Å². The Hall–Kier alpha value is -0.610. The van der Waals surface area contributed by atoms with Crippen molar-refractivity contribution in [2.45, 2.75) is 19.9 Å². The molecule has 0 spiro atoms. The molecule has 0 aliphatic carbocycles. The molecule has 1 unspecified atom stereocenters. The standard InChI is InChI=1S/C10H20N2O2/c1-8(2)9(11-3)6-12-4-5-14-7-10(12)13/h8-9,11H,4-7H2,1-3H3. The van der Waals surface area contributed by atoms with Gasteiger partial charge in [-0.1, -0.05) is 13.8 Å². The first-order valence-electron chi connectivity index (χ1n) is 5.18. The second-order valence-electron chi connectivity index (χ2n) is 4.03. The van der Waals surface area contributed by atoms with Crippen LogP contribution in [0.5, 0.6) is 0 Å². The maximum absolute atomic E-state index is 11.4. The molecule has 0 aromatic rings. The van der Waals surface area contributed by atoms with Gasteiger partial charge in [-0.2, -0.15) is 0 Å². The van der Waals surface area contributed by atoms with Gasteiger partial charge in [0.15, 0.2) is 0 Å². The summed E-state index contributed by atoms with van der Waals surface area (Å²) >= 11 is 0. The SMILES string of the molecule is CNC(CN1CCOCC1=O)C(C)C. The van der Waals surface area contributed by atoms with Gasteiger partial charge in [0.05, 0.1) is 6.61 Å². The van der Waals surface area contributed by atoms with Crippen molar-refractivity contribution in [2.75, 3.05) is 33.4 Å². The predicted molar refractivity (Wildman–Crippen MR) is 55.1 cm³/mol. The highest BCUT2D eigenvalue weighted by molar-refractivity contribution is 5.78. The zero-order valence-electron chi connectivity index (χ0n) is 9.25. The van der Waals surface area contributed by atoms with Gasteiger partial charge in [-0.05, 0) is 13.0 Å². The lowest BCUT2D eigenvalue weighted by molar-refractivity contribution is -0.143. The Bertz CT molecular complexity index is 195. The number of carbonyl (C=O) groups is 1. The van der Waals surface area contributed by atoms with E-state index < -0.39 is 0 Å². The molecule has 82 valence electrons. The molecule has 1 fully saturated rings. The summed E-state index contributed by atoms with van der Waals surface area (Å²) in [7, 11) is 1.94. The number of hydrogen-bond donors (Lipinski definition) is 1. The molecule has 1 heterocycles. The number of amides is 1. The van der Waals surface area contributed by atoms with Crippen LogP contribution in [-0.2, 0) is 9.53 Å². The molecule has 1 amide bonds. The van der Waals surface area contributed by atoms with Gasteiger partial charge >= 0.3 is 0 Å². The average Bonchev–Trinajstić information content (AvgIpc) is 2.16. The molecule has 1 N–H and O–H groups in total. The van der Waals surface area contributed by atoms with Crippen LogP contribution in [0.4, 0.5) is 0 Å². The highest BCUT2D eigenvalue weighted by atomic mass is 16.5. The Balaban J connectivity index is 2.44. The van der Waals surface area contributed by atoms with Crippen molar-refractivity contribution in [3.63, 3.8) is 0 Å². The van der Waals surface area contributed by atoms with Gasteiger partial charge in [-0.25, -0.2) is 0 Å². The molecular formula is C10H20N2O2. The summed E-state index contributed by atoms with van der Waals surface area (Å²) in [6, 6.07) is 0.372. The van der Waals surface area contributed by atoms with Crippen molar-refractivity contribution in [1.82, 2.24) is 10.2 Å². The van der Waals surface area contributed by atoms with Crippen LogP contribution in [0.2, 0.25) is 0 Å². The van der Waals surface area contributed by atoms with E-state index in [4.69, 9.17) is 4.74 Å². The Morgan fingerprint density at radius 3 is 2.79 bits per heavy atom. The number of carbonyl (C=O) groups excluding carboxylic acids is 1. The van der Waals surface area contributed by atoms with Crippen molar-refractivity contribution in [3.05, 3.63) is 0 Å². The van der Waals surface area contributed by atoms with E-state index in [0.717, 1.165) is 13.1 Å². The minimum absolute atomic E-state index is 0.108. The third-order valence-corrected chi connectivity index (χ3v) is 2.68. The predicted octanol–water partition coefficient (Wildman–Crippen LogP) is 0.0892. The molecule has 0 aromatic heterocycles. The van der Waals surface area contributed by atoms with Crippen LogP contribution >= 0.6 is 0 Å². The number of hydrogen-bond acceptors (Lipinski definition) is 3. The monoisotopic (exact) mass is 200 g/mol. The molecule has 14 heavy (non-hydrogen) atoms. The Morgan fingerprint density at radius 2 is 2.29 bits per heavy atom. The molecule has 0 aromatic carbocycles. The zero-order chi connectivity index (χ0) is 10.6. The van der Waals surface area contributed by atoms with Crippen molar-refractivity contribution in [1.29, 1.82) is 0 Å². The fourth-order valence-corrected chi connectivity index (χ4v) is 1.62. The summed E-state index contributed by atoms with van der Waals surface area (Å²) in [4.78, 5) is 13.3. The summed E-state index contributed by atoms with van der Waals surface area (Å²) in [6.07, 6.45) is 0. The molecule has 0 bridgehead atoms. The smallest absolute Gasteiger partial charge is 0.248 e. The van der Waals surface area contributed by atoms with E-state index in [1.165, 1.54) is 0 Å². The number of rotatable bonds is 4. The molecular weight excluding hydrogens is 180 g/mol. The minimum Gasteiger partial charge on any atom is -0.370 e. The Labute approximate surface area is 85.6 Å². The quantitative estimate of drug-likeness (QED) is 0.699.